The van der Waals surface area contributed by atoms with Crippen LogP contribution in [0.2, 0.25) is 0 Å². The van der Waals surface area contributed by atoms with Gasteiger partial charge in [-0.2, -0.15) is 0 Å². The fraction of sp³-hybridized carbons (Fsp3) is 0.167. The number of halogens is 3. The highest BCUT2D eigenvalue weighted by Crippen LogP contribution is 2.32. The first-order chi connectivity index (χ1) is 12.2. The predicted molar refractivity (Wildman–Crippen MR) is 109 cm³/mol. The molecule has 1 aliphatic heterocycles. The average molecular weight is 428 g/mol. The summed E-state index contributed by atoms with van der Waals surface area (Å²) in [7, 11) is 1.83. The van der Waals surface area contributed by atoms with Crippen molar-refractivity contribution in [1.29, 1.82) is 0 Å². The molecule has 0 fully saturated rings. The molecule has 0 unspecified atom stereocenters. The molecule has 0 saturated carbocycles. The zero-order valence-electron chi connectivity index (χ0n) is 14.9. The Morgan fingerprint density at radius 2 is 1.71 bits per heavy atom. The summed E-state index contributed by atoms with van der Waals surface area (Å²) in [5.74, 6) is 0.802. The summed E-state index contributed by atoms with van der Waals surface area (Å²) in [4.78, 5) is 9.05. The standard InChI is InChI=1S/C18H15ClFN5.ClH.2H2O/c1-21-10-15-22-18-17(19)23-16(11-6-2-4-8-13(11)20)12-7-3-5-9-14(12)25(18)24-15;;;/h2-9,17,21H,10H2,1H3;1H;2*1H2/t17-;;;/m1.../s1. The molecule has 10 heteroatoms. The number of nitrogens with one attached hydrogen (secondary N) is 1. The van der Waals surface area contributed by atoms with E-state index in [1.54, 1.807) is 22.9 Å². The fourth-order valence-corrected chi connectivity index (χ4v) is 3.14. The van der Waals surface area contributed by atoms with Crippen LogP contribution in [0.5, 0.6) is 0 Å². The molecule has 28 heavy (non-hydrogen) atoms. The van der Waals surface area contributed by atoms with Crippen molar-refractivity contribution < 1.29 is 15.3 Å². The molecular formula is C18H20Cl2FN5O2. The van der Waals surface area contributed by atoms with Gasteiger partial charge in [0.1, 0.15) is 5.82 Å². The topological polar surface area (TPSA) is 118 Å². The van der Waals surface area contributed by atoms with Crippen molar-refractivity contribution in [3.05, 3.63) is 77.1 Å². The third-order valence-electron chi connectivity index (χ3n) is 3.98. The second-order valence-corrected chi connectivity index (χ2v) is 6.05. The minimum atomic E-state index is -0.764. The van der Waals surface area contributed by atoms with Crippen molar-refractivity contribution in [3.63, 3.8) is 0 Å². The Kier molecular flexibility index (Phi) is 8.22. The van der Waals surface area contributed by atoms with E-state index in [1.807, 2.05) is 31.3 Å². The number of para-hydroxylation sites is 1. The number of hydrogen-bond donors (Lipinski definition) is 1. The molecule has 0 radical (unpaired) electrons. The summed E-state index contributed by atoms with van der Waals surface area (Å²) in [5.41, 5.74) is 1.67. The van der Waals surface area contributed by atoms with Gasteiger partial charge in [-0.3, -0.25) is 4.99 Å². The van der Waals surface area contributed by atoms with Gasteiger partial charge >= 0.3 is 0 Å². The summed E-state index contributed by atoms with van der Waals surface area (Å²) in [6.45, 7) is 0.523. The summed E-state index contributed by atoms with van der Waals surface area (Å²) < 4.78 is 16.1. The molecule has 2 aromatic carbocycles. The van der Waals surface area contributed by atoms with Crippen molar-refractivity contribution in [2.75, 3.05) is 7.05 Å². The number of nitrogens with zero attached hydrogens (tertiary/aromatic N) is 4. The molecule has 4 rings (SSSR count). The number of aliphatic imine (C=N–C) groups is 1. The summed E-state index contributed by atoms with van der Waals surface area (Å²) >= 11 is 6.50. The van der Waals surface area contributed by atoms with Gasteiger partial charge in [0.2, 0.25) is 0 Å². The highest BCUT2D eigenvalue weighted by atomic mass is 35.5. The molecular weight excluding hydrogens is 408 g/mol. The van der Waals surface area contributed by atoms with E-state index in [-0.39, 0.29) is 29.2 Å². The van der Waals surface area contributed by atoms with Crippen molar-refractivity contribution in [2.24, 2.45) is 4.99 Å². The molecule has 0 saturated heterocycles. The molecule has 1 aliphatic rings. The first-order valence-corrected chi connectivity index (χ1v) is 8.29. The van der Waals surface area contributed by atoms with Crippen LogP contribution in [0.3, 0.4) is 0 Å². The Balaban J connectivity index is 0.00000131. The van der Waals surface area contributed by atoms with Crippen LogP contribution in [-0.2, 0) is 6.54 Å². The van der Waals surface area contributed by atoms with Crippen LogP contribution in [0.15, 0.2) is 53.5 Å². The maximum absolute atomic E-state index is 14.4. The molecule has 0 aliphatic carbocycles. The lowest BCUT2D eigenvalue weighted by Gasteiger charge is -2.11. The minimum absolute atomic E-state index is 0. The van der Waals surface area contributed by atoms with Gasteiger partial charge in [-0.25, -0.2) is 14.1 Å². The minimum Gasteiger partial charge on any atom is -0.412 e. The first kappa shape index (κ1) is 23.7. The maximum Gasteiger partial charge on any atom is 0.183 e. The van der Waals surface area contributed by atoms with Crippen LogP contribution < -0.4 is 5.32 Å². The van der Waals surface area contributed by atoms with Crippen molar-refractivity contribution in [2.45, 2.75) is 12.0 Å². The second kappa shape index (κ2) is 9.72. The Morgan fingerprint density at radius 3 is 2.39 bits per heavy atom. The van der Waals surface area contributed by atoms with Gasteiger partial charge in [0.15, 0.2) is 17.1 Å². The van der Waals surface area contributed by atoms with E-state index >= 15 is 0 Å². The average Bonchev–Trinajstić information content (AvgIpc) is 3.00. The third-order valence-corrected chi connectivity index (χ3v) is 4.28. The molecule has 1 aromatic heterocycles. The maximum atomic E-state index is 14.4. The quantitative estimate of drug-likeness (QED) is 0.508. The molecule has 0 spiro atoms. The number of alkyl halides is 1. The highest BCUT2D eigenvalue weighted by Gasteiger charge is 2.27. The smallest absolute Gasteiger partial charge is 0.183 e. The second-order valence-electron chi connectivity index (χ2n) is 5.64. The normalized spacial score (nSPS) is 14.2. The van der Waals surface area contributed by atoms with E-state index in [4.69, 9.17) is 11.6 Å². The summed E-state index contributed by atoms with van der Waals surface area (Å²) in [6, 6.07) is 14.1. The van der Waals surface area contributed by atoms with Crippen LogP contribution in [-0.4, -0.2) is 38.5 Å². The third kappa shape index (κ3) is 4.06. The van der Waals surface area contributed by atoms with Crippen molar-refractivity contribution >= 4 is 29.7 Å². The van der Waals surface area contributed by atoms with Crippen LogP contribution in [0.4, 0.5) is 4.39 Å². The van der Waals surface area contributed by atoms with Gasteiger partial charge in [-0.15, -0.1) is 17.5 Å². The van der Waals surface area contributed by atoms with E-state index in [9.17, 15) is 4.39 Å². The van der Waals surface area contributed by atoms with Gasteiger partial charge < -0.3 is 16.3 Å². The Labute approximate surface area is 172 Å². The monoisotopic (exact) mass is 427 g/mol. The lowest BCUT2D eigenvalue weighted by molar-refractivity contribution is 0.625. The number of fused-ring (bicyclic) bond motifs is 3. The Morgan fingerprint density at radius 1 is 1.07 bits per heavy atom. The van der Waals surface area contributed by atoms with E-state index in [0.717, 1.165) is 11.3 Å². The number of benzene rings is 2. The number of aromatic nitrogens is 3. The van der Waals surface area contributed by atoms with Crippen LogP contribution in [0, 0.1) is 5.82 Å². The molecule has 1 atom stereocenters. The van der Waals surface area contributed by atoms with Crippen molar-refractivity contribution in [1.82, 2.24) is 20.1 Å². The SMILES string of the molecule is CNCc1nc2n(n1)-c1ccccc1C(c1ccccc1F)=N[C@H]2Cl.Cl.O.O. The lowest BCUT2D eigenvalue weighted by atomic mass is 10.0. The van der Waals surface area contributed by atoms with E-state index in [0.29, 0.717) is 29.5 Å². The van der Waals surface area contributed by atoms with E-state index < -0.39 is 5.50 Å². The van der Waals surface area contributed by atoms with Gasteiger partial charge in [-0.05, 0) is 25.2 Å². The summed E-state index contributed by atoms with van der Waals surface area (Å²) in [6.07, 6.45) is 0. The van der Waals surface area contributed by atoms with Gasteiger partial charge in [0.05, 0.1) is 17.9 Å². The van der Waals surface area contributed by atoms with Crippen LogP contribution >= 0.6 is 24.0 Å². The molecule has 0 bridgehead atoms. The number of rotatable bonds is 3. The Bertz CT molecular complexity index is 980. The predicted octanol–water partition coefficient (Wildman–Crippen LogP) is 1.99. The van der Waals surface area contributed by atoms with Crippen LogP contribution in [0.25, 0.3) is 5.69 Å². The molecule has 2 heterocycles. The molecule has 150 valence electrons. The van der Waals surface area contributed by atoms with Gasteiger partial charge in [-0.1, -0.05) is 41.9 Å². The van der Waals surface area contributed by atoms with Gasteiger partial charge in [0.25, 0.3) is 0 Å². The Hall–Kier alpha value is -2.36. The highest BCUT2D eigenvalue weighted by molar-refractivity contribution is 6.23. The van der Waals surface area contributed by atoms with Crippen molar-refractivity contribution in [3.8, 4) is 5.69 Å². The largest absolute Gasteiger partial charge is 0.412 e. The lowest BCUT2D eigenvalue weighted by Crippen LogP contribution is -2.10. The molecule has 5 N–H and O–H groups in total. The molecule has 3 aromatic rings. The zero-order valence-corrected chi connectivity index (χ0v) is 16.4. The zero-order chi connectivity index (χ0) is 17.4. The number of hydrogen-bond acceptors (Lipinski definition) is 4. The first-order valence-electron chi connectivity index (χ1n) is 7.86. The summed E-state index contributed by atoms with van der Waals surface area (Å²) in [5, 5.41) is 7.56. The van der Waals surface area contributed by atoms with Gasteiger partial charge in [0, 0.05) is 11.1 Å². The van der Waals surface area contributed by atoms with E-state index in [1.165, 1.54) is 6.07 Å². The molecule has 0 amide bonds. The van der Waals surface area contributed by atoms with Crippen LogP contribution in [0.1, 0.15) is 28.3 Å². The fourth-order valence-electron chi connectivity index (χ4n) is 2.90. The van der Waals surface area contributed by atoms with E-state index in [2.05, 4.69) is 20.4 Å². The molecule has 7 nitrogen and oxygen atoms in total.